The largest absolute Gasteiger partial charge is 0.507 e. The van der Waals surface area contributed by atoms with E-state index in [-0.39, 0.29) is 5.56 Å². The van der Waals surface area contributed by atoms with Crippen LogP contribution >= 0.6 is 0 Å². The molecule has 0 saturated heterocycles. The Morgan fingerprint density at radius 1 is 1.09 bits per heavy atom. The summed E-state index contributed by atoms with van der Waals surface area (Å²) in [6.45, 7) is 0. The number of ether oxygens (including phenoxy) is 2. The number of carbonyl (C=O) groups is 2. The Morgan fingerprint density at radius 2 is 1.74 bits per heavy atom. The molecule has 2 rings (SSSR count). The second-order valence-electron chi connectivity index (χ2n) is 4.31. The minimum atomic E-state index is -1.07. The van der Waals surface area contributed by atoms with E-state index in [1.54, 1.807) is 18.2 Å². The van der Waals surface area contributed by atoms with E-state index in [1.165, 1.54) is 12.1 Å². The van der Waals surface area contributed by atoms with E-state index in [0.717, 1.165) is 19.2 Å². The van der Waals surface area contributed by atoms with Gasteiger partial charge in [-0.25, -0.2) is 9.59 Å². The van der Waals surface area contributed by atoms with Crippen LogP contribution in [-0.4, -0.2) is 29.1 Å². The van der Waals surface area contributed by atoms with Gasteiger partial charge < -0.3 is 14.6 Å². The second-order valence-corrected chi connectivity index (χ2v) is 4.31. The number of benzene rings is 2. The predicted octanol–water partition coefficient (Wildman–Crippen LogP) is 2.31. The molecule has 1 N–H and O–H groups in total. The van der Waals surface area contributed by atoms with Crippen LogP contribution in [0.5, 0.6) is 11.5 Å². The fourth-order valence-electron chi connectivity index (χ4n) is 1.83. The summed E-state index contributed by atoms with van der Waals surface area (Å²) in [5, 5.41) is 20.9. The fraction of sp³-hybridized carbons (Fsp3) is 0.0667. The molecule has 0 atom stereocenters. The van der Waals surface area contributed by atoms with Crippen molar-refractivity contribution in [3.05, 3.63) is 63.7 Å². The molecule has 23 heavy (non-hydrogen) atoms. The molecule has 0 aromatic heterocycles. The van der Waals surface area contributed by atoms with Gasteiger partial charge in [-0.2, -0.15) is 0 Å². The van der Waals surface area contributed by atoms with Gasteiger partial charge in [-0.05, 0) is 18.2 Å². The van der Waals surface area contributed by atoms with E-state index in [4.69, 9.17) is 4.74 Å². The molecule has 0 saturated carbocycles. The van der Waals surface area contributed by atoms with Crippen molar-refractivity contribution in [2.75, 3.05) is 7.11 Å². The van der Waals surface area contributed by atoms with Crippen LogP contribution in [0.3, 0.4) is 0 Å². The van der Waals surface area contributed by atoms with Crippen molar-refractivity contribution in [1.82, 2.24) is 0 Å². The summed E-state index contributed by atoms with van der Waals surface area (Å²) >= 11 is 0. The average molecular weight is 317 g/mol. The molecule has 0 aliphatic heterocycles. The highest BCUT2D eigenvalue weighted by Crippen LogP contribution is 2.37. The normalized spacial score (nSPS) is 9.96. The Hall–Kier alpha value is -3.42. The number of phenolic OH excluding ortho intramolecular Hbond substituents is 1. The van der Waals surface area contributed by atoms with E-state index in [0.29, 0.717) is 0 Å². The quantitative estimate of drug-likeness (QED) is 0.398. The SMILES string of the molecule is COC(=O)c1c(O)ccc([N+](=O)[O-])c1OC(=O)c1ccccc1. The van der Waals surface area contributed by atoms with Crippen molar-refractivity contribution < 1.29 is 29.1 Å². The lowest BCUT2D eigenvalue weighted by Gasteiger charge is -2.10. The number of hydrogen-bond donors (Lipinski definition) is 1. The maximum absolute atomic E-state index is 12.1. The minimum absolute atomic E-state index is 0.126. The van der Waals surface area contributed by atoms with Crippen LogP contribution in [0.2, 0.25) is 0 Å². The van der Waals surface area contributed by atoms with E-state index >= 15 is 0 Å². The summed E-state index contributed by atoms with van der Waals surface area (Å²) in [4.78, 5) is 34.1. The molecular formula is C15H11NO7. The predicted molar refractivity (Wildman–Crippen MR) is 77.5 cm³/mol. The third-order valence-corrected chi connectivity index (χ3v) is 2.91. The Bertz CT molecular complexity index is 771. The lowest BCUT2D eigenvalue weighted by Crippen LogP contribution is -2.14. The number of rotatable bonds is 4. The molecule has 0 aliphatic rings. The molecule has 0 amide bonds. The maximum atomic E-state index is 12.1. The first-order valence-corrected chi connectivity index (χ1v) is 6.31. The number of nitrogens with zero attached hydrogens (tertiary/aromatic N) is 1. The van der Waals surface area contributed by atoms with Crippen molar-refractivity contribution in [2.45, 2.75) is 0 Å². The second kappa shape index (κ2) is 6.56. The van der Waals surface area contributed by atoms with Crippen LogP contribution in [0.25, 0.3) is 0 Å². The molecule has 0 unspecified atom stereocenters. The lowest BCUT2D eigenvalue weighted by molar-refractivity contribution is -0.385. The molecule has 118 valence electrons. The lowest BCUT2D eigenvalue weighted by atomic mass is 10.1. The molecule has 0 aliphatic carbocycles. The number of esters is 2. The summed E-state index contributed by atoms with van der Waals surface area (Å²) in [6, 6.07) is 9.58. The zero-order valence-corrected chi connectivity index (χ0v) is 11.9. The Morgan fingerprint density at radius 3 is 2.30 bits per heavy atom. The van der Waals surface area contributed by atoms with Gasteiger partial charge in [-0.3, -0.25) is 10.1 Å². The summed E-state index contributed by atoms with van der Waals surface area (Å²) in [7, 11) is 1.03. The number of phenols is 1. The highest BCUT2D eigenvalue weighted by Gasteiger charge is 2.30. The summed E-state index contributed by atoms with van der Waals surface area (Å²) < 4.78 is 9.45. The highest BCUT2D eigenvalue weighted by molar-refractivity contribution is 5.99. The van der Waals surface area contributed by atoms with Gasteiger partial charge in [0.05, 0.1) is 17.6 Å². The fourth-order valence-corrected chi connectivity index (χ4v) is 1.83. The smallest absolute Gasteiger partial charge is 0.345 e. The average Bonchev–Trinajstić information content (AvgIpc) is 2.55. The first-order valence-electron chi connectivity index (χ1n) is 6.31. The minimum Gasteiger partial charge on any atom is -0.507 e. The van der Waals surface area contributed by atoms with Gasteiger partial charge >= 0.3 is 17.6 Å². The van der Waals surface area contributed by atoms with Crippen molar-refractivity contribution in [3.8, 4) is 11.5 Å². The number of nitro benzene ring substituents is 1. The van der Waals surface area contributed by atoms with Gasteiger partial charge in [0.1, 0.15) is 5.75 Å². The highest BCUT2D eigenvalue weighted by atomic mass is 16.6. The maximum Gasteiger partial charge on any atom is 0.345 e. The van der Waals surface area contributed by atoms with Gasteiger partial charge in [-0.1, -0.05) is 18.2 Å². The van der Waals surface area contributed by atoms with Gasteiger partial charge in [0.25, 0.3) is 0 Å². The third-order valence-electron chi connectivity index (χ3n) is 2.91. The van der Waals surface area contributed by atoms with Gasteiger partial charge in [0.15, 0.2) is 5.56 Å². The molecule has 8 nitrogen and oxygen atoms in total. The van der Waals surface area contributed by atoms with E-state index in [1.807, 2.05) is 0 Å². The number of nitro groups is 1. The van der Waals surface area contributed by atoms with Crippen molar-refractivity contribution >= 4 is 17.6 Å². The zero-order chi connectivity index (χ0) is 17.0. The molecule has 0 heterocycles. The standard InChI is InChI=1S/C15H11NO7/c1-22-15(19)12-11(17)8-7-10(16(20)21)13(12)23-14(18)9-5-3-2-4-6-9/h2-8,17H,1H3. The van der Waals surface area contributed by atoms with Crippen molar-refractivity contribution in [2.24, 2.45) is 0 Å². The number of carbonyl (C=O) groups excluding carboxylic acids is 2. The van der Waals surface area contributed by atoms with E-state index in [2.05, 4.69) is 4.74 Å². The van der Waals surface area contributed by atoms with Gasteiger partial charge in [-0.15, -0.1) is 0 Å². The zero-order valence-electron chi connectivity index (χ0n) is 11.9. The topological polar surface area (TPSA) is 116 Å². The Labute approximate surface area is 130 Å². The van der Waals surface area contributed by atoms with Crippen molar-refractivity contribution in [1.29, 1.82) is 0 Å². The van der Waals surface area contributed by atoms with E-state index < -0.39 is 39.6 Å². The molecule has 0 radical (unpaired) electrons. The molecule has 8 heteroatoms. The van der Waals surface area contributed by atoms with E-state index in [9.17, 15) is 24.8 Å². The van der Waals surface area contributed by atoms with Crippen LogP contribution in [-0.2, 0) is 4.74 Å². The monoisotopic (exact) mass is 317 g/mol. The number of hydrogen-bond acceptors (Lipinski definition) is 7. The van der Waals surface area contributed by atoms with Crippen LogP contribution in [0.1, 0.15) is 20.7 Å². The molecule has 2 aromatic rings. The molecule has 0 bridgehead atoms. The number of aromatic hydroxyl groups is 1. The summed E-state index contributed by atoms with van der Waals surface area (Å²) in [6.07, 6.45) is 0. The molecule has 0 spiro atoms. The van der Waals surface area contributed by atoms with Gasteiger partial charge in [0.2, 0.25) is 5.75 Å². The molecule has 2 aromatic carbocycles. The first kappa shape index (κ1) is 16.0. The summed E-state index contributed by atoms with van der Waals surface area (Å²) in [5.41, 5.74) is -1.11. The van der Waals surface area contributed by atoms with Crippen LogP contribution in [0, 0.1) is 10.1 Å². The molecule has 0 fully saturated rings. The molecular weight excluding hydrogens is 306 g/mol. The Kier molecular flexibility index (Phi) is 4.55. The third kappa shape index (κ3) is 3.26. The summed E-state index contributed by atoms with van der Waals surface area (Å²) in [5.74, 6) is -3.25. The van der Waals surface area contributed by atoms with Gasteiger partial charge in [0, 0.05) is 6.07 Å². The van der Waals surface area contributed by atoms with Crippen molar-refractivity contribution in [3.63, 3.8) is 0 Å². The van der Waals surface area contributed by atoms with Crippen LogP contribution in [0.15, 0.2) is 42.5 Å². The number of methoxy groups -OCH3 is 1. The van der Waals surface area contributed by atoms with Crippen LogP contribution in [0.4, 0.5) is 5.69 Å². The first-order chi connectivity index (χ1) is 11.0. The van der Waals surface area contributed by atoms with Crippen LogP contribution < -0.4 is 4.74 Å². The Balaban J connectivity index is 2.54.